The average Bonchev–Trinajstić information content (AvgIpc) is 3.63. The topological polar surface area (TPSA) is 108 Å². The van der Waals surface area contributed by atoms with E-state index in [0.717, 1.165) is 34.5 Å². The van der Waals surface area contributed by atoms with Crippen LogP contribution in [0.15, 0.2) is 66.7 Å². The van der Waals surface area contributed by atoms with Crippen LogP contribution >= 0.6 is 11.3 Å². The predicted molar refractivity (Wildman–Crippen MR) is 168 cm³/mol. The number of carbonyl (C=O) groups excluding carboxylic acids is 2. The van der Waals surface area contributed by atoms with Crippen molar-refractivity contribution in [3.05, 3.63) is 94.2 Å². The number of nitrogens with zero attached hydrogens (tertiary/aromatic N) is 2. The molecule has 6 rings (SSSR count). The molecule has 0 radical (unpaired) electrons. The van der Waals surface area contributed by atoms with E-state index in [0.29, 0.717) is 35.8 Å². The third-order valence-corrected chi connectivity index (χ3v) is 10.3. The van der Waals surface area contributed by atoms with Gasteiger partial charge in [-0.15, -0.1) is 11.3 Å². The van der Waals surface area contributed by atoms with Crippen LogP contribution in [-0.4, -0.2) is 50.3 Å². The van der Waals surface area contributed by atoms with Crippen molar-refractivity contribution in [2.75, 3.05) is 40.6 Å². The Bertz CT molecular complexity index is 1830. The van der Waals surface area contributed by atoms with Crippen LogP contribution in [0.25, 0.3) is 10.4 Å². The maximum atomic E-state index is 14.4. The molecule has 2 N–H and O–H groups in total. The molecule has 2 aromatic heterocycles. The summed E-state index contributed by atoms with van der Waals surface area (Å²) in [5.74, 6) is -0.466. The number of hydrogen-bond acceptors (Lipinski definition) is 7. The smallest absolute Gasteiger partial charge is 0.276 e. The molecule has 43 heavy (non-hydrogen) atoms. The number of sulfone groups is 1. The summed E-state index contributed by atoms with van der Waals surface area (Å²) in [6.07, 6.45) is 3.45. The van der Waals surface area contributed by atoms with Crippen LogP contribution in [0.1, 0.15) is 44.1 Å². The van der Waals surface area contributed by atoms with E-state index < -0.39 is 15.7 Å². The summed E-state index contributed by atoms with van der Waals surface area (Å²) in [5, 5.41) is 5.96. The normalized spacial score (nSPS) is 15.2. The monoisotopic (exact) mass is 618 g/mol. The van der Waals surface area contributed by atoms with Gasteiger partial charge in [0, 0.05) is 35.2 Å². The Hall–Kier alpha value is -4.09. The van der Waals surface area contributed by atoms with Gasteiger partial charge in [-0.2, -0.15) is 0 Å². The largest absolute Gasteiger partial charge is 0.369 e. The summed E-state index contributed by atoms with van der Waals surface area (Å²) in [4.78, 5) is 34.6. The number of rotatable bonds is 8. The molecule has 8 nitrogen and oxygen atoms in total. The highest BCUT2D eigenvalue weighted by Crippen LogP contribution is 2.46. The first-order valence-corrected chi connectivity index (χ1v) is 16.9. The number of nitrogens with one attached hydrogen (secondary N) is 2. The number of amides is 2. The minimum Gasteiger partial charge on any atom is -0.369 e. The van der Waals surface area contributed by atoms with Crippen LogP contribution in [0.3, 0.4) is 0 Å². The van der Waals surface area contributed by atoms with Crippen molar-refractivity contribution in [1.29, 1.82) is 0 Å². The molecular weight excluding hydrogens is 588 g/mol. The highest BCUT2D eigenvalue weighted by molar-refractivity contribution is 7.90. The minimum absolute atomic E-state index is 0.131. The molecule has 1 saturated carbocycles. The number of aryl methyl sites for hydroxylation is 1. The van der Waals surface area contributed by atoms with E-state index >= 15 is 0 Å². The molecule has 1 aliphatic carbocycles. The van der Waals surface area contributed by atoms with Crippen LogP contribution < -0.4 is 15.5 Å². The number of benzene rings is 2. The number of aromatic nitrogens is 1. The summed E-state index contributed by atoms with van der Waals surface area (Å²) >= 11 is 1.32. The summed E-state index contributed by atoms with van der Waals surface area (Å²) in [6.45, 7) is 2.60. The van der Waals surface area contributed by atoms with Crippen molar-refractivity contribution >= 4 is 50.2 Å². The van der Waals surface area contributed by atoms with E-state index in [9.17, 15) is 22.4 Å². The Morgan fingerprint density at radius 3 is 2.58 bits per heavy atom. The van der Waals surface area contributed by atoms with E-state index in [-0.39, 0.29) is 34.4 Å². The summed E-state index contributed by atoms with van der Waals surface area (Å²) in [7, 11) is -3.09. The fourth-order valence-electron chi connectivity index (χ4n) is 5.56. The molecule has 1 aliphatic heterocycles. The maximum absolute atomic E-state index is 14.4. The first-order valence-electron chi connectivity index (χ1n) is 14.0. The Kier molecular flexibility index (Phi) is 7.55. The molecule has 0 unspecified atom stereocenters. The molecule has 0 saturated heterocycles. The fourth-order valence-corrected chi connectivity index (χ4v) is 8.20. The SMILES string of the molecule is Cc1cccc(F)c1NC(=O)c1cc2c(s1)-c1ccccc1N(C(=O)c1cccc(NCC3(CS(C)(=O)=O)CC3)n1)CC2. The Morgan fingerprint density at radius 2 is 1.84 bits per heavy atom. The zero-order valence-electron chi connectivity index (χ0n) is 23.8. The highest BCUT2D eigenvalue weighted by atomic mass is 32.2. The maximum Gasteiger partial charge on any atom is 0.276 e. The van der Waals surface area contributed by atoms with Crippen LogP contribution in [0.2, 0.25) is 0 Å². The third-order valence-electron chi connectivity index (χ3n) is 7.92. The average molecular weight is 619 g/mol. The lowest BCUT2D eigenvalue weighted by Gasteiger charge is -2.23. The number of carbonyl (C=O) groups is 2. The predicted octanol–water partition coefficient (Wildman–Crippen LogP) is 5.95. The van der Waals surface area contributed by atoms with E-state index in [2.05, 4.69) is 15.6 Å². The quantitative estimate of drug-likeness (QED) is 0.253. The summed E-state index contributed by atoms with van der Waals surface area (Å²) < 4.78 is 38.0. The van der Waals surface area contributed by atoms with Gasteiger partial charge in [0.1, 0.15) is 27.2 Å². The van der Waals surface area contributed by atoms with Gasteiger partial charge in [-0.3, -0.25) is 9.59 Å². The third kappa shape index (κ3) is 6.18. The molecule has 11 heteroatoms. The number of pyridine rings is 1. The van der Waals surface area contributed by atoms with Gasteiger partial charge in [-0.05, 0) is 67.6 Å². The number of hydrogen-bond donors (Lipinski definition) is 2. The van der Waals surface area contributed by atoms with Gasteiger partial charge in [0.2, 0.25) is 0 Å². The summed E-state index contributed by atoms with van der Waals surface area (Å²) in [5.41, 5.74) is 3.29. The van der Waals surface area contributed by atoms with Gasteiger partial charge in [0.25, 0.3) is 11.8 Å². The lowest BCUT2D eigenvalue weighted by molar-refractivity contribution is 0.0981. The van der Waals surface area contributed by atoms with Gasteiger partial charge in [0.05, 0.1) is 22.0 Å². The van der Waals surface area contributed by atoms with Crippen molar-refractivity contribution in [3.63, 3.8) is 0 Å². The van der Waals surface area contributed by atoms with Crippen LogP contribution in [0.5, 0.6) is 0 Å². The Morgan fingerprint density at radius 1 is 1.07 bits per heavy atom. The number of thiophene rings is 1. The van der Waals surface area contributed by atoms with Crippen molar-refractivity contribution < 1.29 is 22.4 Å². The lowest BCUT2D eigenvalue weighted by atomic mass is 10.1. The fraction of sp³-hybridized carbons (Fsp3) is 0.281. The van der Waals surface area contributed by atoms with Gasteiger partial charge in [-0.1, -0.05) is 36.4 Å². The molecule has 2 aromatic carbocycles. The molecule has 0 atom stereocenters. The standard InChI is InChI=1S/C32H31FN4O4S2/c1-20-7-5-9-23(33)28(20)36-30(38)26-17-21-13-16-37(25-11-4-3-8-22(25)29(21)42-26)31(39)24-10-6-12-27(35-24)34-18-32(14-15-32)19-43(2,40)41/h3-12,17H,13-16,18-19H2,1-2H3,(H,34,35)(H,36,38). The van der Waals surface area contributed by atoms with Crippen LogP contribution in [0, 0.1) is 18.2 Å². The molecule has 2 amide bonds. The van der Waals surface area contributed by atoms with Crippen molar-refractivity contribution in [2.24, 2.45) is 5.41 Å². The van der Waals surface area contributed by atoms with Crippen LogP contribution in [-0.2, 0) is 16.3 Å². The van der Waals surface area contributed by atoms with Crippen LogP contribution in [0.4, 0.5) is 21.6 Å². The molecule has 2 aliphatic rings. The molecule has 3 heterocycles. The minimum atomic E-state index is -3.09. The second-order valence-corrected chi connectivity index (χ2v) is 14.6. The molecule has 0 bridgehead atoms. The van der Waals surface area contributed by atoms with Crippen molar-refractivity contribution in [1.82, 2.24) is 4.98 Å². The second-order valence-electron chi connectivity index (χ2n) is 11.4. The van der Waals surface area contributed by atoms with Crippen molar-refractivity contribution in [3.8, 4) is 10.4 Å². The first-order chi connectivity index (χ1) is 20.5. The van der Waals surface area contributed by atoms with Crippen molar-refractivity contribution in [2.45, 2.75) is 26.2 Å². The Balaban J connectivity index is 1.23. The van der Waals surface area contributed by atoms with E-state index in [1.165, 1.54) is 23.7 Å². The number of para-hydroxylation sites is 2. The van der Waals surface area contributed by atoms with Gasteiger partial charge < -0.3 is 15.5 Å². The second kappa shape index (κ2) is 11.2. The van der Waals surface area contributed by atoms with Gasteiger partial charge in [0.15, 0.2) is 0 Å². The van der Waals surface area contributed by atoms with Gasteiger partial charge >= 0.3 is 0 Å². The van der Waals surface area contributed by atoms with E-state index in [1.807, 2.05) is 30.3 Å². The van der Waals surface area contributed by atoms with E-state index in [4.69, 9.17) is 0 Å². The molecule has 222 valence electrons. The number of fused-ring (bicyclic) bond motifs is 3. The van der Waals surface area contributed by atoms with Gasteiger partial charge in [-0.25, -0.2) is 17.8 Å². The number of anilines is 3. The molecular formula is C32H31FN4O4S2. The molecule has 1 fully saturated rings. The highest BCUT2D eigenvalue weighted by Gasteiger charge is 2.45. The lowest BCUT2D eigenvalue weighted by Crippen LogP contribution is -2.33. The summed E-state index contributed by atoms with van der Waals surface area (Å²) in [6, 6.07) is 19.3. The zero-order chi connectivity index (χ0) is 30.4. The zero-order valence-corrected chi connectivity index (χ0v) is 25.4. The first kappa shape index (κ1) is 29.0. The van der Waals surface area contributed by atoms with E-state index in [1.54, 1.807) is 42.2 Å². The number of halogens is 1. The molecule has 0 spiro atoms. The Labute approximate surface area is 253 Å². The molecule has 4 aromatic rings.